The Kier molecular flexibility index (Phi) is 6.25. The van der Waals surface area contributed by atoms with E-state index in [9.17, 15) is 18.4 Å². The van der Waals surface area contributed by atoms with Crippen LogP contribution < -0.4 is 15.4 Å². The van der Waals surface area contributed by atoms with Gasteiger partial charge in [0.15, 0.2) is 0 Å². The molecule has 0 saturated heterocycles. The number of rotatable bonds is 7. The van der Waals surface area contributed by atoms with Crippen LogP contribution in [-0.2, 0) is 9.59 Å². The zero-order valence-corrected chi connectivity index (χ0v) is 13.6. The lowest BCUT2D eigenvalue weighted by molar-refractivity contribution is -0.120. The van der Waals surface area contributed by atoms with E-state index in [1.165, 1.54) is 42.5 Å². The summed E-state index contributed by atoms with van der Waals surface area (Å²) in [5.41, 5.74) is 0.453. The van der Waals surface area contributed by atoms with Gasteiger partial charge in [-0.25, -0.2) is 0 Å². The molecule has 0 saturated carbocycles. The molecule has 128 valence electrons. The Morgan fingerprint density at radius 3 is 2.46 bits per heavy atom. The summed E-state index contributed by atoms with van der Waals surface area (Å²) in [7, 11) is 0. The van der Waals surface area contributed by atoms with Gasteiger partial charge in [0, 0.05) is 17.5 Å². The van der Waals surface area contributed by atoms with E-state index in [1.54, 1.807) is 0 Å². The highest BCUT2D eigenvalue weighted by Gasteiger charge is 2.18. The number of hydrogen-bond acceptors (Lipinski definition) is 4. The molecule has 5 nitrogen and oxygen atoms in total. The number of ether oxygens (including phenoxy) is 1. The molecule has 1 aromatic carbocycles. The van der Waals surface area contributed by atoms with E-state index in [0.717, 1.165) is 4.88 Å². The first-order valence-electron chi connectivity index (χ1n) is 7.09. The minimum Gasteiger partial charge on any atom is -0.435 e. The Balaban J connectivity index is 1.96. The first-order valence-corrected chi connectivity index (χ1v) is 7.97. The van der Waals surface area contributed by atoms with Gasteiger partial charge in [-0.1, -0.05) is 6.07 Å². The molecule has 0 fully saturated rings. The number of alkyl halides is 2. The first-order chi connectivity index (χ1) is 11.4. The fourth-order valence-corrected chi connectivity index (χ4v) is 2.85. The molecule has 0 aliphatic heterocycles. The third-order valence-corrected chi connectivity index (χ3v) is 4.00. The summed E-state index contributed by atoms with van der Waals surface area (Å²) in [5, 5.41) is 7.26. The van der Waals surface area contributed by atoms with Crippen molar-refractivity contribution in [1.82, 2.24) is 5.32 Å². The molecule has 2 N–H and O–H groups in total. The minimum absolute atomic E-state index is 0.0118. The van der Waals surface area contributed by atoms with Gasteiger partial charge < -0.3 is 15.4 Å². The summed E-state index contributed by atoms with van der Waals surface area (Å²) in [6, 6.07) is 8.88. The average Bonchev–Trinajstić information content (AvgIpc) is 3.02. The Morgan fingerprint density at radius 1 is 1.21 bits per heavy atom. The van der Waals surface area contributed by atoms with Gasteiger partial charge in [-0.15, -0.1) is 11.3 Å². The molecule has 0 radical (unpaired) electrons. The summed E-state index contributed by atoms with van der Waals surface area (Å²) in [4.78, 5) is 24.3. The number of thiophene rings is 1. The molecule has 1 unspecified atom stereocenters. The smallest absolute Gasteiger partial charge is 0.387 e. The van der Waals surface area contributed by atoms with Crippen LogP contribution in [0.2, 0.25) is 0 Å². The molecule has 0 spiro atoms. The molecule has 24 heavy (non-hydrogen) atoms. The van der Waals surface area contributed by atoms with Gasteiger partial charge in [-0.3, -0.25) is 9.59 Å². The van der Waals surface area contributed by atoms with Crippen molar-refractivity contribution in [3.63, 3.8) is 0 Å². The number of hydrogen-bond donors (Lipinski definition) is 2. The van der Waals surface area contributed by atoms with Crippen molar-refractivity contribution in [3.8, 4) is 5.75 Å². The Hall–Kier alpha value is -2.48. The van der Waals surface area contributed by atoms with Crippen LogP contribution in [0.5, 0.6) is 5.75 Å². The number of carbonyl (C=O) groups is 2. The monoisotopic (exact) mass is 354 g/mol. The maximum atomic E-state index is 12.2. The molecule has 2 amide bonds. The van der Waals surface area contributed by atoms with Gasteiger partial charge >= 0.3 is 6.61 Å². The van der Waals surface area contributed by atoms with Crippen LogP contribution >= 0.6 is 11.3 Å². The van der Waals surface area contributed by atoms with Gasteiger partial charge in [0.05, 0.1) is 12.5 Å². The van der Waals surface area contributed by atoms with Gasteiger partial charge in [0.2, 0.25) is 11.8 Å². The topological polar surface area (TPSA) is 67.4 Å². The zero-order valence-electron chi connectivity index (χ0n) is 12.8. The number of anilines is 1. The number of halogens is 2. The second-order valence-electron chi connectivity index (χ2n) is 4.92. The van der Waals surface area contributed by atoms with E-state index in [2.05, 4.69) is 15.4 Å². The Morgan fingerprint density at radius 2 is 1.92 bits per heavy atom. The molecular formula is C16H16F2N2O3S. The third-order valence-electron chi connectivity index (χ3n) is 3.02. The molecule has 1 aromatic heterocycles. The maximum absolute atomic E-state index is 12.2. The predicted octanol–water partition coefficient (Wildman–Crippen LogP) is 3.56. The van der Waals surface area contributed by atoms with Crippen LogP contribution in [-0.4, -0.2) is 18.4 Å². The lowest BCUT2D eigenvalue weighted by Crippen LogP contribution is -2.29. The van der Waals surface area contributed by atoms with Gasteiger partial charge in [0.1, 0.15) is 5.75 Å². The number of benzene rings is 1. The average molecular weight is 354 g/mol. The van der Waals surface area contributed by atoms with Crippen molar-refractivity contribution in [2.45, 2.75) is 26.0 Å². The van der Waals surface area contributed by atoms with Gasteiger partial charge in [0.25, 0.3) is 0 Å². The summed E-state index contributed by atoms with van der Waals surface area (Å²) in [6.07, 6.45) is 0.0649. The highest BCUT2D eigenvalue weighted by molar-refractivity contribution is 7.10. The zero-order chi connectivity index (χ0) is 17.5. The third kappa shape index (κ3) is 5.62. The van der Waals surface area contributed by atoms with Crippen molar-refractivity contribution in [2.24, 2.45) is 0 Å². The van der Waals surface area contributed by atoms with E-state index in [4.69, 9.17) is 0 Å². The molecular weight excluding hydrogens is 338 g/mol. The molecule has 1 atom stereocenters. The second kappa shape index (κ2) is 8.39. The summed E-state index contributed by atoms with van der Waals surface area (Å²) < 4.78 is 28.4. The lowest BCUT2D eigenvalue weighted by atomic mass is 10.1. The fourth-order valence-electron chi connectivity index (χ4n) is 2.07. The van der Waals surface area contributed by atoms with E-state index in [1.807, 2.05) is 17.5 Å². The van der Waals surface area contributed by atoms with Crippen LogP contribution in [0.1, 0.15) is 24.3 Å². The molecule has 0 aliphatic carbocycles. The normalized spacial score (nSPS) is 11.8. The number of nitrogens with one attached hydrogen (secondary N) is 2. The number of carbonyl (C=O) groups excluding carboxylic acids is 2. The van der Waals surface area contributed by atoms with E-state index in [0.29, 0.717) is 5.69 Å². The van der Waals surface area contributed by atoms with Crippen LogP contribution in [0.4, 0.5) is 14.5 Å². The largest absolute Gasteiger partial charge is 0.435 e. The van der Waals surface area contributed by atoms with Crippen LogP contribution in [0.25, 0.3) is 0 Å². The Bertz CT molecular complexity index is 675. The van der Waals surface area contributed by atoms with Crippen LogP contribution in [0, 0.1) is 0 Å². The maximum Gasteiger partial charge on any atom is 0.387 e. The summed E-state index contributed by atoms with van der Waals surface area (Å²) >= 11 is 1.45. The highest BCUT2D eigenvalue weighted by Crippen LogP contribution is 2.23. The Labute approximate surface area is 141 Å². The molecule has 0 aliphatic rings. The minimum atomic E-state index is -2.89. The molecule has 2 rings (SSSR count). The number of amides is 2. The summed E-state index contributed by atoms with van der Waals surface area (Å²) in [6.45, 7) is -1.50. The molecule has 2 aromatic rings. The van der Waals surface area contributed by atoms with E-state index in [-0.39, 0.29) is 24.0 Å². The summed E-state index contributed by atoms with van der Waals surface area (Å²) in [5.74, 6) is -0.517. The quantitative estimate of drug-likeness (QED) is 0.799. The fraction of sp³-hybridized carbons (Fsp3) is 0.250. The van der Waals surface area contributed by atoms with Gasteiger partial charge in [-0.05, 0) is 35.7 Å². The van der Waals surface area contributed by atoms with Crippen molar-refractivity contribution in [3.05, 3.63) is 46.7 Å². The van der Waals surface area contributed by atoms with Crippen molar-refractivity contribution >= 4 is 28.8 Å². The lowest BCUT2D eigenvalue weighted by Gasteiger charge is -2.16. The van der Waals surface area contributed by atoms with Crippen molar-refractivity contribution in [1.29, 1.82) is 0 Å². The van der Waals surface area contributed by atoms with Crippen molar-refractivity contribution < 1.29 is 23.1 Å². The highest BCUT2D eigenvalue weighted by atomic mass is 32.1. The van der Waals surface area contributed by atoms with E-state index >= 15 is 0 Å². The van der Waals surface area contributed by atoms with Crippen LogP contribution in [0.3, 0.4) is 0 Å². The molecule has 1 heterocycles. The first kappa shape index (κ1) is 17.9. The predicted molar refractivity (Wildman–Crippen MR) is 87.2 cm³/mol. The molecule has 0 bridgehead atoms. The SMILES string of the molecule is CC(=O)NC(CC(=O)Nc1ccc(OC(F)F)cc1)c1cccs1. The molecule has 8 heteroatoms. The van der Waals surface area contributed by atoms with Crippen molar-refractivity contribution in [2.75, 3.05) is 5.32 Å². The standard InChI is InChI=1S/C16H16F2N2O3S/c1-10(21)19-13(14-3-2-8-24-14)9-15(22)20-11-4-6-12(7-5-11)23-16(17)18/h2-8,13,16H,9H2,1H3,(H,19,21)(H,20,22). The van der Waals surface area contributed by atoms with Gasteiger partial charge in [-0.2, -0.15) is 8.78 Å². The van der Waals surface area contributed by atoms with Crippen LogP contribution in [0.15, 0.2) is 41.8 Å². The second-order valence-corrected chi connectivity index (χ2v) is 5.90. The van der Waals surface area contributed by atoms with E-state index < -0.39 is 12.7 Å².